The predicted octanol–water partition coefficient (Wildman–Crippen LogP) is 3.47. The molecule has 1 aromatic rings. The highest BCUT2D eigenvalue weighted by atomic mass is 15.0. The van der Waals surface area contributed by atoms with Crippen molar-refractivity contribution < 1.29 is 0 Å². The molecule has 0 saturated heterocycles. The maximum absolute atomic E-state index is 3.70. The van der Waals surface area contributed by atoms with Crippen LogP contribution in [0.2, 0.25) is 0 Å². The first-order valence-electron chi connectivity index (χ1n) is 7.11. The highest BCUT2D eigenvalue weighted by Crippen LogP contribution is 2.25. The fourth-order valence-corrected chi connectivity index (χ4v) is 2.92. The molecular weight excluding hydrogens is 208 g/mol. The molecule has 0 amide bonds. The number of nitrogens with zero attached hydrogens (tertiary/aromatic N) is 1. The van der Waals surface area contributed by atoms with Crippen LogP contribution in [0.5, 0.6) is 0 Å². The van der Waals surface area contributed by atoms with Gasteiger partial charge in [0.15, 0.2) is 0 Å². The van der Waals surface area contributed by atoms with Crippen molar-refractivity contribution >= 4 is 0 Å². The van der Waals surface area contributed by atoms with Gasteiger partial charge in [-0.2, -0.15) is 0 Å². The van der Waals surface area contributed by atoms with Gasteiger partial charge >= 0.3 is 0 Å². The average Bonchev–Trinajstić information content (AvgIpc) is 2.58. The molecule has 1 saturated carbocycles. The molecule has 0 unspecified atom stereocenters. The van der Waals surface area contributed by atoms with Crippen molar-refractivity contribution in [2.24, 2.45) is 13.0 Å². The fraction of sp³-hybridized carbons (Fsp3) is 0.733. The lowest BCUT2D eigenvalue weighted by atomic mass is 9.93. The molecule has 2 heteroatoms. The molecule has 1 atom stereocenters. The fourth-order valence-electron chi connectivity index (χ4n) is 2.92. The SMILES string of the molecule is C[C@@H](NCc1cccn1C)C1CCCCCC1. The van der Waals surface area contributed by atoms with Gasteiger partial charge in [-0.3, -0.25) is 0 Å². The maximum atomic E-state index is 3.70. The molecule has 17 heavy (non-hydrogen) atoms. The Labute approximate surface area is 105 Å². The van der Waals surface area contributed by atoms with Crippen LogP contribution >= 0.6 is 0 Å². The number of hydrogen-bond donors (Lipinski definition) is 1. The van der Waals surface area contributed by atoms with Crippen molar-refractivity contribution in [3.63, 3.8) is 0 Å². The first-order chi connectivity index (χ1) is 8.27. The van der Waals surface area contributed by atoms with Gasteiger partial charge in [0.25, 0.3) is 0 Å². The van der Waals surface area contributed by atoms with Crippen molar-refractivity contribution in [1.29, 1.82) is 0 Å². The summed E-state index contributed by atoms with van der Waals surface area (Å²) in [5, 5.41) is 3.70. The smallest absolute Gasteiger partial charge is 0.0361 e. The van der Waals surface area contributed by atoms with Gasteiger partial charge in [-0.1, -0.05) is 25.7 Å². The summed E-state index contributed by atoms with van der Waals surface area (Å²) in [7, 11) is 2.12. The average molecular weight is 234 g/mol. The van der Waals surface area contributed by atoms with Crippen molar-refractivity contribution in [3.8, 4) is 0 Å². The van der Waals surface area contributed by atoms with Gasteiger partial charge in [0.2, 0.25) is 0 Å². The Balaban J connectivity index is 1.80. The van der Waals surface area contributed by atoms with Crippen LogP contribution in [0.3, 0.4) is 0 Å². The molecule has 0 bridgehead atoms. The molecule has 1 aliphatic carbocycles. The van der Waals surface area contributed by atoms with E-state index in [0.717, 1.165) is 12.5 Å². The number of aromatic nitrogens is 1. The van der Waals surface area contributed by atoms with Gasteiger partial charge in [-0.05, 0) is 37.8 Å². The van der Waals surface area contributed by atoms with E-state index in [1.807, 2.05) is 0 Å². The van der Waals surface area contributed by atoms with Crippen LogP contribution in [0, 0.1) is 5.92 Å². The molecule has 1 aliphatic rings. The Morgan fingerprint density at radius 2 is 2.00 bits per heavy atom. The lowest BCUT2D eigenvalue weighted by Crippen LogP contribution is -2.33. The van der Waals surface area contributed by atoms with Crippen LogP contribution in [-0.4, -0.2) is 10.6 Å². The third-order valence-electron chi connectivity index (χ3n) is 4.26. The van der Waals surface area contributed by atoms with E-state index in [2.05, 4.69) is 42.2 Å². The minimum Gasteiger partial charge on any atom is -0.353 e. The van der Waals surface area contributed by atoms with E-state index < -0.39 is 0 Å². The van der Waals surface area contributed by atoms with E-state index >= 15 is 0 Å². The second kappa shape index (κ2) is 6.25. The van der Waals surface area contributed by atoms with Gasteiger partial charge in [0, 0.05) is 31.5 Å². The van der Waals surface area contributed by atoms with E-state index in [9.17, 15) is 0 Å². The summed E-state index contributed by atoms with van der Waals surface area (Å²) in [6.45, 7) is 3.36. The van der Waals surface area contributed by atoms with Gasteiger partial charge < -0.3 is 9.88 Å². The van der Waals surface area contributed by atoms with Crippen LogP contribution in [0.4, 0.5) is 0 Å². The van der Waals surface area contributed by atoms with Gasteiger partial charge in [0.05, 0.1) is 0 Å². The van der Waals surface area contributed by atoms with E-state index in [0.29, 0.717) is 6.04 Å². The zero-order valence-corrected chi connectivity index (χ0v) is 11.3. The second-order valence-corrected chi connectivity index (χ2v) is 5.53. The third-order valence-corrected chi connectivity index (χ3v) is 4.26. The van der Waals surface area contributed by atoms with Crippen LogP contribution in [0.15, 0.2) is 18.3 Å². The summed E-state index contributed by atoms with van der Waals surface area (Å²) >= 11 is 0. The quantitative estimate of drug-likeness (QED) is 0.789. The van der Waals surface area contributed by atoms with Gasteiger partial charge in [-0.15, -0.1) is 0 Å². The first kappa shape index (κ1) is 12.7. The second-order valence-electron chi connectivity index (χ2n) is 5.53. The third kappa shape index (κ3) is 3.60. The molecule has 1 fully saturated rings. The minimum absolute atomic E-state index is 0.656. The lowest BCUT2D eigenvalue weighted by molar-refractivity contribution is 0.334. The summed E-state index contributed by atoms with van der Waals surface area (Å²) < 4.78 is 2.20. The van der Waals surface area contributed by atoms with Crippen molar-refractivity contribution in [2.45, 2.75) is 58.0 Å². The van der Waals surface area contributed by atoms with Crippen LogP contribution < -0.4 is 5.32 Å². The largest absolute Gasteiger partial charge is 0.353 e. The number of hydrogen-bond acceptors (Lipinski definition) is 1. The molecular formula is C15H26N2. The molecule has 2 rings (SSSR count). The number of aryl methyl sites for hydroxylation is 1. The molecule has 1 aromatic heterocycles. The van der Waals surface area contributed by atoms with Crippen molar-refractivity contribution in [1.82, 2.24) is 9.88 Å². The normalized spacial score (nSPS) is 20.1. The summed E-state index contributed by atoms with van der Waals surface area (Å²) in [6, 6.07) is 4.98. The standard InChI is InChI=1S/C15H26N2/c1-13(14-8-5-3-4-6-9-14)16-12-15-10-7-11-17(15)2/h7,10-11,13-14,16H,3-6,8-9,12H2,1-2H3/t13-/m1/s1. The zero-order valence-electron chi connectivity index (χ0n) is 11.3. The van der Waals surface area contributed by atoms with E-state index in [-0.39, 0.29) is 0 Å². The summed E-state index contributed by atoms with van der Waals surface area (Å²) in [6.07, 6.45) is 10.7. The van der Waals surface area contributed by atoms with Crippen molar-refractivity contribution in [2.75, 3.05) is 0 Å². The van der Waals surface area contributed by atoms with E-state index in [1.54, 1.807) is 0 Å². The highest BCUT2D eigenvalue weighted by molar-refractivity contribution is 5.06. The highest BCUT2D eigenvalue weighted by Gasteiger charge is 2.18. The molecule has 0 aliphatic heterocycles. The number of rotatable bonds is 4. The molecule has 0 radical (unpaired) electrons. The molecule has 1 N–H and O–H groups in total. The van der Waals surface area contributed by atoms with Crippen LogP contribution in [-0.2, 0) is 13.6 Å². The lowest BCUT2D eigenvalue weighted by Gasteiger charge is -2.23. The Morgan fingerprint density at radius 1 is 1.29 bits per heavy atom. The van der Waals surface area contributed by atoms with Gasteiger partial charge in [0.1, 0.15) is 0 Å². The summed E-state index contributed by atoms with van der Waals surface area (Å²) in [5.74, 6) is 0.887. The first-order valence-corrected chi connectivity index (χ1v) is 7.11. The summed E-state index contributed by atoms with van der Waals surface area (Å²) in [4.78, 5) is 0. The monoisotopic (exact) mass is 234 g/mol. The van der Waals surface area contributed by atoms with Crippen molar-refractivity contribution in [3.05, 3.63) is 24.0 Å². The Bertz CT molecular complexity index is 321. The molecule has 0 spiro atoms. The Hall–Kier alpha value is -0.760. The molecule has 2 nitrogen and oxygen atoms in total. The van der Waals surface area contributed by atoms with Crippen LogP contribution in [0.1, 0.15) is 51.1 Å². The topological polar surface area (TPSA) is 17.0 Å². The van der Waals surface area contributed by atoms with E-state index in [4.69, 9.17) is 0 Å². The summed E-state index contributed by atoms with van der Waals surface area (Å²) in [5.41, 5.74) is 1.38. The molecule has 96 valence electrons. The van der Waals surface area contributed by atoms with Crippen LogP contribution in [0.25, 0.3) is 0 Å². The predicted molar refractivity (Wildman–Crippen MR) is 72.9 cm³/mol. The molecule has 1 heterocycles. The Morgan fingerprint density at radius 3 is 2.59 bits per heavy atom. The number of nitrogens with one attached hydrogen (secondary N) is 1. The maximum Gasteiger partial charge on any atom is 0.0361 e. The molecule has 0 aromatic carbocycles. The van der Waals surface area contributed by atoms with Gasteiger partial charge in [-0.25, -0.2) is 0 Å². The Kier molecular flexibility index (Phi) is 4.66. The zero-order chi connectivity index (χ0) is 12.1. The minimum atomic E-state index is 0.656. The van der Waals surface area contributed by atoms with E-state index in [1.165, 1.54) is 44.2 Å².